The summed E-state index contributed by atoms with van der Waals surface area (Å²) in [5.74, 6) is 0.348. The zero-order valence-electron chi connectivity index (χ0n) is 13.6. The summed E-state index contributed by atoms with van der Waals surface area (Å²) < 4.78 is 7.59. The van der Waals surface area contributed by atoms with Gasteiger partial charge in [0.15, 0.2) is 0 Å². The van der Waals surface area contributed by atoms with Gasteiger partial charge < -0.3 is 14.5 Å². The van der Waals surface area contributed by atoms with E-state index < -0.39 is 0 Å². The Morgan fingerprint density at radius 2 is 2.14 bits per heavy atom. The van der Waals surface area contributed by atoms with Gasteiger partial charge in [0.1, 0.15) is 0 Å². The summed E-state index contributed by atoms with van der Waals surface area (Å²) in [6.45, 7) is 6.25. The minimum absolute atomic E-state index is 0.0590. The largest absolute Gasteiger partial charge is 0.377 e. The normalized spacial score (nSPS) is 26.3. The monoisotopic (exact) mass is 306 g/mol. The molecule has 6 heteroatoms. The highest BCUT2D eigenvalue weighted by molar-refractivity contribution is 5.80. The Morgan fingerprint density at radius 3 is 2.77 bits per heavy atom. The molecular weight excluding hydrogens is 280 g/mol. The highest BCUT2D eigenvalue weighted by atomic mass is 16.5. The number of piperazine rings is 1. The fourth-order valence-electron chi connectivity index (χ4n) is 3.52. The van der Waals surface area contributed by atoms with Gasteiger partial charge in [-0.2, -0.15) is 5.10 Å². The van der Waals surface area contributed by atoms with Crippen LogP contribution in [0.1, 0.15) is 26.2 Å². The molecule has 0 saturated carbocycles. The van der Waals surface area contributed by atoms with Gasteiger partial charge in [-0.05, 0) is 19.3 Å². The Bertz CT molecular complexity index is 508. The summed E-state index contributed by atoms with van der Waals surface area (Å²) in [5, 5.41) is 4.22. The average molecular weight is 306 g/mol. The molecule has 1 amide bonds. The van der Waals surface area contributed by atoms with Gasteiger partial charge in [0.25, 0.3) is 0 Å². The van der Waals surface area contributed by atoms with Gasteiger partial charge in [0.05, 0.1) is 23.9 Å². The van der Waals surface area contributed by atoms with E-state index in [1.807, 2.05) is 29.0 Å². The van der Waals surface area contributed by atoms with Crippen LogP contribution in [0.25, 0.3) is 0 Å². The van der Waals surface area contributed by atoms with Gasteiger partial charge in [-0.25, -0.2) is 0 Å². The fourth-order valence-corrected chi connectivity index (χ4v) is 3.52. The number of carbonyl (C=O) groups excluding carboxylic acids is 1. The number of hydrogen-bond acceptors (Lipinski definition) is 4. The lowest BCUT2D eigenvalue weighted by molar-refractivity contribution is -0.145. The molecule has 0 spiro atoms. The van der Waals surface area contributed by atoms with E-state index in [1.54, 1.807) is 0 Å². The first-order chi connectivity index (χ1) is 10.7. The van der Waals surface area contributed by atoms with Crippen molar-refractivity contribution in [2.45, 2.75) is 32.3 Å². The van der Waals surface area contributed by atoms with Crippen LogP contribution in [0.4, 0.5) is 5.69 Å². The van der Waals surface area contributed by atoms with Crippen LogP contribution in [0.3, 0.4) is 0 Å². The Balaban J connectivity index is 1.57. The molecule has 0 unspecified atom stereocenters. The van der Waals surface area contributed by atoms with Crippen LogP contribution in [0.15, 0.2) is 12.4 Å². The Kier molecular flexibility index (Phi) is 4.66. The molecule has 0 bridgehead atoms. The molecule has 1 aromatic heterocycles. The summed E-state index contributed by atoms with van der Waals surface area (Å²) in [7, 11) is 1.93. The number of anilines is 1. The molecule has 2 atom stereocenters. The van der Waals surface area contributed by atoms with Gasteiger partial charge in [0.2, 0.25) is 5.91 Å². The lowest BCUT2D eigenvalue weighted by Crippen LogP contribution is -2.52. The van der Waals surface area contributed by atoms with Crippen LogP contribution in [0, 0.1) is 5.92 Å². The molecule has 3 rings (SSSR count). The molecule has 122 valence electrons. The van der Waals surface area contributed by atoms with Gasteiger partial charge in [0, 0.05) is 46.0 Å². The van der Waals surface area contributed by atoms with Gasteiger partial charge in [-0.1, -0.05) is 6.92 Å². The van der Waals surface area contributed by atoms with E-state index in [2.05, 4.69) is 16.9 Å². The smallest absolute Gasteiger partial charge is 0.228 e. The number of aromatic nitrogens is 2. The number of nitrogens with zero attached hydrogens (tertiary/aromatic N) is 4. The predicted octanol–water partition coefficient (Wildman–Crippen LogP) is 1.27. The van der Waals surface area contributed by atoms with Crippen molar-refractivity contribution < 1.29 is 9.53 Å². The minimum Gasteiger partial charge on any atom is -0.377 e. The quantitative estimate of drug-likeness (QED) is 0.844. The molecule has 2 fully saturated rings. The van der Waals surface area contributed by atoms with Crippen LogP contribution in [0.5, 0.6) is 0 Å². The molecule has 2 aliphatic heterocycles. The van der Waals surface area contributed by atoms with E-state index in [0.717, 1.165) is 57.7 Å². The zero-order chi connectivity index (χ0) is 15.5. The first kappa shape index (κ1) is 15.3. The highest BCUT2D eigenvalue weighted by Crippen LogP contribution is 2.26. The maximum absolute atomic E-state index is 12.8. The van der Waals surface area contributed by atoms with E-state index in [4.69, 9.17) is 4.74 Å². The van der Waals surface area contributed by atoms with Crippen molar-refractivity contribution in [3.63, 3.8) is 0 Å². The first-order valence-electron chi connectivity index (χ1n) is 8.33. The van der Waals surface area contributed by atoms with Crippen molar-refractivity contribution in [3.8, 4) is 0 Å². The summed E-state index contributed by atoms with van der Waals surface area (Å²) in [4.78, 5) is 17.1. The molecule has 6 nitrogen and oxygen atoms in total. The van der Waals surface area contributed by atoms with Crippen molar-refractivity contribution in [1.29, 1.82) is 0 Å². The second kappa shape index (κ2) is 6.69. The van der Waals surface area contributed by atoms with E-state index in [1.165, 1.54) is 0 Å². The van der Waals surface area contributed by atoms with Gasteiger partial charge >= 0.3 is 0 Å². The molecule has 2 saturated heterocycles. The van der Waals surface area contributed by atoms with E-state index in [0.29, 0.717) is 0 Å². The Hall–Kier alpha value is -1.56. The van der Waals surface area contributed by atoms with Crippen LogP contribution in [-0.2, 0) is 16.6 Å². The molecule has 0 aliphatic carbocycles. The van der Waals surface area contributed by atoms with Crippen molar-refractivity contribution in [2.75, 3.05) is 37.7 Å². The summed E-state index contributed by atoms with van der Waals surface area (Å²) >= 11 is 0. The summed E-state index contributed by atoms with van der Waals surface area (Å²) in [6.07, 6.45) is 6.92. The third-order valence-electron chi connectivity index (χ3n) is 4.81. The zero-order valence-corrected chi connectivity index (χ0v) is 13.6. The predicted molar refractivity (Wildman–Crippen MR) is 84.8 cm³/mol. The Labute approximate surface area is 132 Å². The molecule has 0 radical (unpaired) electrons. The number of ether oxygens (including phenoxy) is 1. The van der Waals surface area contributed by atoms with Crippen LogP contribution in [-0.4, -0.2) is 59.5 Å². The Morgan fingerprint density at radius 1 is 1.36 bits per heavy atom. The molecule has 2 aliphatic rings. The fraction of sp³-hybridized carbons (Fsp3) is 0.750. The molecule has 1 aromatic rings. The van der Waals surface area contributed by atoms with Crippen LogP contribution in [0.2, 0.25) is 0 Å². The van der Waals surface area contributed by atoms with Crippen molar-refractivity contribution in [1.82, 2.24) is 14.7 Å². The number of aryl methyl sites for hydroxylation is 1. The molecule has 22 heavy (non-hydrogen) atoms. The first-order valence-corrected chi connectivity index (χ1v) is 8.33. The average Bonchev–Trinajstić information content (AvgIpc) is 3.01. The topological polar surface area (TPSA) is 50.6 Å². The third kappa shape index (κ3) is 3.11. The van der Waals surface area contributed by atoms with E-state index in [9.17, 15) is 4.79 Å². The van der Waals surface area contributed by atoms with Crippen molar-refractivity contribution in [3.05, 3.63) is 12.4 Å². The molecule has 0 N–H and O–H groups in total. The highest BCUT2D eigenvalue weighted by Gasteiger charge is 2.34. The number of rotatable bonds is 3. The van der Waals surface area contributed by atoms with E-state index in [-0.39, 0.29) is 17.9 Å². The second-order valence-electron chi connectivity index (χ2n) is 6.25. The molecule has 3 heterocycles. The number of amides is 1. The van der Waals surface area contributed by atoms with Crippen LogP contribution < -0.4 is 4.90 Å². The summed E-state index contributed by atoms with van der Waals surface area (Å²) in [5.41, 5.74) is 1.14. The number of carbonyl (C=O) groups is 1. The summed E-state index contributed by atoms with van der Waals surface area (Å²) in [6, 6.07) is 0. The maximum Gasteiger partial charge on any atom is 0.228 e. The van der Waals surface area contributed by atoms with Crippen LogP contribution >= 0.6 is 0 Å². The number of hydrogen-bond donors (Lipinski definition) is 0. The molecule has 0 aromatic carbocycles. The van der Waals surface area contributed by atoms with Crippen molar-refractivity contribution >= 4 is 11.6 Å². The SMILES string of the molecule is CC[C@H]1OCCC[C@H]1C(=O)N1CCN(c2cnn(C)c2)CC1. The van der Waals surface area contributed by atoms with Gasteiger partial charge in [-0.15, -0.1) is 0 Å². The van der Waals surface area contributed by atoms with Gasteiger partial charge in [-0.3, -0.25) is 9.48 Å². The van der Waals surface area contributed by atoms with Crippen molar-refractivity contribution in [2.24, 2.45) is 13.0 Å². The second-order valence-corrected chi connectivity index (χ2v) is 6.25. The lowest BCUT2D eigenvalue weighted by atomic mass is 9.91. The minimum atomic E-state index is 0.0590. The lowest BCUT2D eigenvalue weighted by Gasteiger charge is -2.39. The van der Waals surface area contributed by atoms with E-state index >= 15 is 0 Å². The maximum atomic E-state index is 12.8. The standard InChI is InChI=1S/C16H26N4O2/c1-3-15-14(5-4-10-22-15)16(21)20-8-6-19(7-9-20)13-11-17-18(2)12-13/h11-12,14-15H,3-10H2,1-2H3/t14-,15-/m1/s1. The third-order valence-corrected chi connectivity index (χ3v) is 4.81. The molecular formula is C16H26N4O2.